The highest BCUT2D eigenvalue weighted by atomic mass is 35.5. The number of amides is 1. The van der Waals surface area contributed by atoms with Crippen LogP contribution in [0, 0.1) is 0 Å². The molecular weight excluding hydrogens is 314 g/mol. The number of carbonyl (C=O) groups excluding carboxylic acids is 1. The van der Waals surface area contributed by atoms with Crippen molar-refractivity contribution in [3.63, 3.8) is 0 Å². The molecule has 1 aromatic heterocycles. The van der Waals surface area contributed by atoms with Crippen LogP contribution in [0.1, 0.15) is 37.3 Å². The van der Waals surface area contributed by atoms with Crippen molar-refractivity contribution in [3.05, 3.63) is 35.0 Å². The highest BCUT2D eigenvalue weighted by molar-refractivity contribution is 6.35. The number of hydrogen-bond donors (Lipinski definition) is 3. The molecule has 3 N–H and O–H groups in total. The number of nitrogens with zero attached hydrogens (tertiary/aromatic N) is 1. The van der Waals surface area contributed by atoms with Gasteiger partial charge >= 0.3 is 0 Å². The summed E-state index contributed by atoms with van der Waals surface area (Å²) in [6, 6.07) is 5.07. The van der Waals surface area contributed by atoms with Crippen molar-refractivity contribution in [2.24, 2.45) is 0 Å². The molecule has 1 saturated carbocycles. The second-order valence-electron chi connectivity index (χ2n) is 6.30. The highest BCUT2D eigenvalue weighted by Gasteiger charge is 2.38. The van der Waals surface area contributed by atoms with Crippen molar-refractivity contribution in [1.82, 2.24) is 15.6 Å². The maximum atomic E-state index is 12.5. The molecule has 1 aromatic carbocycles. The monoisotopic (exact) mass is 331 g/mol. The number of piperazine rings is 1. The Labute approximate surface area is 139 Å². The van der Waals surface area contributed by atoms with Gasteiger partial charge in [-0.2, -0.15) is 0 Å². The Morgan fingerprint density at radius 1 is 1.26 bits per heavy atom. The standard InChI is InChI=1S/C17H18ClN3O2/c18-11-8-10(16(22)14-9(11)4-3-7-19-14)15-17(23)21-13-6-2-1-5-12(13)20-15/h3-4,7-8,12-13,15,20,22H,1-2,5-6H2,(H,21,23)/t12-,13?,15+/m1/s1. The second-order valence-corrected chi connectivity index (χ2v) is 6.71. The Morgan fingerprint density at radius 2 is 2.04 bits per heavy atom. The number of phenols is 1. The van der Waals surface area contributed by atoms with Gasteiger partial charge in [-0.05, 0) is 31.0 Å². The minimum absolute atomic E-state index is 0.0203. The van der Waals surface area contributed by atoms with E-state index in [9.17, 15) is 9.90 Å². The average molecular weight is 332 g/mol. The van der Waals surface area contributed by atoms with Crippen LogP contribution in [-0.2, 0) is 4.79 Å². The van der Waals surface area contributed by atoms with Gasteiger partial charge in [-0.3, -0.25) is 15.1 Å². The zero-order valence-electron chi connectivity index (χ0n) is 12.6. The molecule has 1 aliphatic carbocycles. The molecule has 2 aliphatic rings. The number of benzene rings is 1. The summed E-state index contributed by atoms with van der Waals surface area (Å²) in [7, 11) is 0. The summed E-state index contributed by atoms with van der Waals surface area (Å²) in [5, 5.41) is 18.3. The lowest BCUT2D eigenvalue weighted by molar-refractivity contribution is -0.127. The Kier molecular flexibility index (Phi) is 3.62. The molecule has 5 nitrogen and oxygen atoms in total. The van der Waals surface area contributed by atoms with Crippen molar-refractivity contribution in [3.8, 4) is 5.75 Å². The molecule has 2 heterocycles. The molecule has 0 spiro atoms. The van der Waals surface area contributed by atoms with E-state index in [0.717, 1.165) is 25.7 Å². The van der Waals surface area contributed by atoms with E-state index in [4.69, 9.17) is 11.6 Å². The lowest BCUT2D eigenvalue weighted by Crippen LogP contribution is -2.61. The van der Waals surface area contributed by atoms with E-state index in [-0.39, 0.29) is 23.7 Å². The maximum Gasteiger partial charge on any atom is 0.242 e. The van der Waals surface area contributed by atoms with Crippen molar-refractivity contribution >= 4 is 28.4 Å². The fourth-order valence-corrected chi connectivity index (χ4v) is 3.99. The van der Waals surface area contributed by atoms with Crippen LogP contribution in [0.3, 0.4) is 0 Å². The minimum Gasteiger partial charge on any atom is -0.505 e. The van der Waals surface area contributed by atoms with Gasteiger partial charge in [0.15, 0.2) is 0 Å². The lowest BCUT2D eigenvalue weighted by Gasteiger charge is -2.40. The third-order valence-electron chi connectivity index (χ3n) is 4.89. The van der Waals surface area contributed by atoms with Crippen LogP contribution in [0.2, 0.25) is 5.02 Å². The number of nitrogens with one attached hydrogen (secondary N) is 2. The third kappa shape index (κ3) is 2.44. The fourth-order valence-electron chi connectivity index (χ4n) is 3.72. The summed E-state index contributed by atoms with van der Waals surface area (Å²) < 4.78 is 0. The van der Waals surface area contributed by atoms with Gasteiger partial charge in [-0.15, -0.1) is 0 Å². The number of aromatic nitrogens is 1. The zero-order chi connectivity index (χ0) is 16.0. The summed E-state index contributed by atoms with van der Waals surface area (Å²) in [4.78, 5) is 16.7. The summed E-state index contributed by atoms with van der Waals surface area (Å²) in [5.41, 5.74) is 0.915. The van der Waals surface area contributed by atoms with Gasteiger partial charge in [0.05, 0.1) is 5.02 Å². The molecule has 4 rings (SSSR count). The SMILES string of the molecule is O=C1NC2CCCC[C@H]2N[C@H]1c1cc(Cl)c2cccnc2c1O. The molecule has 1 amide bonds. The van der Waals surface area contributed by atoms with Gasteiger partial charge in [0.25, 0.3) is 0 Å². The van der Waals surface area contributed by atoms with Crippen LogP contribution in [0.25, 0.3) is 10.9 Å². The molecule has 6 heteroatoms. The fraction of sp³-hybridized carbons (Fsp3) is 0.412. The number of hydrogen-bond acceptors (Lipinski definition) is 4. The molecule has 120 valence electrons. The molecule has 1 aliphatic heterocycles. The van der Waals surface area contributed by atoms with E-state index < -0.39 is 6.04 Å². The first-order valence-corrected chi connectivity index (χ1v) is 8.35. The van der Waals surface area contributed by atoms with E-state index in [2.05, 4.69) is 15.6 Å². The molecule has 1 unspecified atom stereocenters. The summed E-state index contributed by atoms with van der Waals surface area (Å²) in [6.07, 6.45) is 5.94. The summed E-state index contributed by atoms with van der Waals surface area (Å²) >= 11 is 6.33. The first-order valence-electron chi connectivity index (χ1n) is 7.97. The smallest absolute Gasteiger partial charge is 0.242 e. The molecule has 2 fully saturated rings. The van der Waals surface area contributed by atoms with E-state index in [1.165, 1.54) is 0 Å². The maximum absolute atomic E-state index is 12.5. The largest absolute Gasteiger partial charge is 0.505 e. The normalized spacial score (nSPS) is 27.5. The number of rotatable bonds is 1. The van der Waals surface area contributed by atoms with Crippen LogP contribution in [-0.4, -0.2) is 28.1 Å². The van der Waals surface area contributed by atoms with Crippen LogP contribution in [0.15, 0.2) is 24.4 Å². The Bertz CT molecular complexity index is 780. The lowest BCUT2D eigenvalue weighted by atomic mass is 9.86. The van der Waals surface area contributed by atoms with E-state index in [1.807, 2.05) is 0 Å². The van der Waals surface area contributed by atoms with E-state index >= 15 is 0 Å². The van der Waals surface area contributed by atoms with Crippen LogP contribution in [0.4, 0.5) is 0 Å². The zero-order valence-corrected chi connectivity index (χ0v) is 13.3. The number of pyridine rings is 1. The molecular formula is C17H18ClN3O2. The van der Waals surface area contributed by atoms with Gasteiger partial charge in [-0.25, -0.2) is 0 Å². The second kappa shape index (κ2) is 5.65. The first-order chi connectivity index (χ1) is 11.1. The number of halogens is 1. The third-order valence-corrected chi connectivity index (χ3v) is 5.21. The number of phenolic OH excluding ortho intramolecular Hbond substituents is 1. The van der Waals surface area contributed by atoms with Gasteiger partial charge in [0.1, 0.15) is 17.3 Å². The molecule has 23 heavy (non-hydrogen) atoms. The first kappa shape index (κ1) is 14.7. The quantitative estimate of drug-likeness (QED) is 0.751. The number of aromatic hydroxyl groups is 1. The van der Waals surface area contributed by atoms with Gasteiger partial charge in [0, 0.05) is 29.2 Å². The predicted octanol–water partition coefficient (Wildman–Crippen LogP) is 2.67. The molecule has 0 radical (unpaired) electrons. The molecule has 3 atom stereocenters. The van der Waals surface area contributed by atoms with Crippen LogP contribution in [0.5, 0.6) is 5.75 Å². The molecule has 0 bridgehead atoms. The van der Waals surface area contributed by atoms with Crippen molar-refractivity contribution < 1.29 is 9.90 Å². The molecule has 2 aromatic rings. The van der Waals surface area contributed by atoms with Gasteiger partial charge in [0.2, 0.25) is 5.91 Å². The predicted molar refractivity (Wildman–Crippen MR) is 88.5 cm³/mol. The van der Waals surface area contributed by atoms with Crippen LogP contribution < -0.4 is 10.6 Å². The van der Waals surface area contributed by atoms with Gasteiger partial charge < -0.3 is 10.4 Å². The number of carbonyl (C=O) groups is 1. The average Bonchev–Trinajstić information content (AvgIpc) is 2.58. The topological polar surface area (TPSA) is 74.2 Å². The Morgan fingerprint density at radius 3 is 2.87 bits per heavy atom. The Balaban J connectivity index is 1.76. The Hall–Kier alpha value is -1.85. The van der Waals surface area contributed by atoms with E-state index in [1.54, 1.807) is 24.4 Å². The number of fused-ring (bicyclic) bond motifs is 2. The minimum atomic E-state index is -0.599. The summed E-state index contributed by atoms with van der Waals surface area (Å²) in [6.45, 7) is 0. The molecule has 1 saturated heterocycles. The summed E-state index contributed by atoms with van der Waals surface area (Å²) in [5.74, 6) is -0.0956. The van der Waals surface area contributed by atoms with Gasteiger partial charge in [-0.1, -0.05) is 24.4 Å². The van der Waals surface area contributed by atoms with Crippen molar-refractivity contribution in [2.45, 2.75) is 43.8 Å². The van der Waals surface area contributed by atoms with E-state index in [0.29, 0.717) is 21.5 Å². The highest BCUT2D eigenvalue weighted by Crippen LogP contribution is 2.38. The van der Waals surface area contributed by atoms with Crippen molar-refractivity contribution in [2.75, 3.05) is 0 Å². The van der Waals surface area contributed by atoms with Crippen LogP contribution >= 0.6 is 11.6 Å². The van der Waals surface area contributed by atoms with Crippen molar-refractivity contribution in [1.29, 1.82) is 0 Å².